The fourth-order valence-electron chi connectivity index (χ4n) is 18.0. The Labute approximate surface area is 440 Å². The summed E-state index contributed by atoms with van der Waals surface area (Å²) in [5.74, 6) is 7.81. The standard InChI is InChI=1S/C24H39NO.C21H37NO2.C16H30N2O3S/c1-25(22-5-3-2-4-6-22)23(26)20-7-9-21(10-8-20)24-14-17-11-18(15-24)13-19(12-17)16-24;1-22(21(23)18-10-14-20(24-2)15-11-18)19-12-8-17(9-13-19)16-6-4-3-5-7-16;1-3-17-22(20,21)15-11-9-13(10-12-15)16(19)18(2)14-7-5-4-6-8-14/h17-22H,2-16H2,1H3;16-20H,3-15H2,1-2H3;13-15,17H,3-12H2,1-2H3. The van der Waals surface area contributed by atoms with Crippen molar-refractivity contribution in [2.24, 2.45) is 58.7 Å². The number of carbonyl (C=O) groups is 3. The first-order valence-corrected chi connectivity index (χ1v) is 32.6. The summed E-state index contributed by atoms with van der Waals surface area (Å²) in [6.45, 7) is 2.23. The van der Waals surface area contributed by atoms with Crippen LogP contribution in [0, 0.1) is 58.7 Å². The van der Waals surface area contributed by atoms with Gasteiger partial charge in [0.15, 0.2) is 0 Å². The van der Waals surface area contributed by atoms with E-state index < -0.39 is 10.0 Å². The van der Waals surface area contributed by atoms with Crippen molar-refractivity contribution in [3.05, 3.63) is 0 Å². The molecule has 11 heteroatoms. The molecule has 0 aromatic rings. The zero-order valence-electron chi connectivity index (χ0n) is 46.7. The molecule has 11 rings (SSSR count). The number of hydrogen-bond donors (Lipinski definition) is 1. The van der Waals surface area contributed by atoms with E-state index in [4.69, 9.17) is 4.74 Å². The highest BCUT2D eigenvalue weighted by atomic mass is 32.2. The lowest BCUT2D eigenvalue weighted by Crippen LogP contribution is -2.50. The Hall–Kier alpha value is -1.72. The molecule has 11 aliphatic rings. The van der Waals surface area contributed by atoms with Crippen LogP contribution < -0.4 is 4.72 Å². The van der Waals surface area contributed by atoms with E-state index in [1.165, 1.54) is 135 Å². The van der Waals surface area contributed by atoms with Crippen LogP contribution >= 0.6 is 0 Å². The minimum absolute atomic E-state index is 0.0139. The number of amides is 3. The summed E-state index contributed by atoms with van der Waals surface area (Å²) in [6.07, 6.45) is 46.4. The van der Waals surface area contributed by atoms with Crippen LogP contribution in [0.1, 0.15) is 244 Å². The van der Waals surface area contributed by atoms with E-state index in [0.29, 0.717) is 79.6 Å². The first-order chi connectivity index (χ1) is 34.8. The van der Waals surface area contributed by atoms with Crippen molar-refractivity contribution >= 4 is 27.7 Å². The normalized spacial score (nSPS) is 36.8. The Bertz CT molecular complexity index is 1760. The summed E-state index contributed by atoms with van der Waals surface area (Å²) in [4.78, 5) is 44.8. The van der Waals surface area contributed by atoms with Crippen molar-refractivity contribution in [1.29, 1.82) is 0 Å². The van der Waals surface area contributed by atoms with Crippen LogP contribution in [0.2, 0.25) is 0 Å². The highest BCUT2D eigenvalue weighted by molar-refractivity contribution is 7.90. The fourth-order valence-corrected chi connectivity index (χ4v) is 19.6. The highest BCUT2D eigenvalue weighted by Gasteiger charge is 2.54. The zero-order valence-corrected chi connectivity index (χ0v) is 47.5. The van der Waals surface area contributed by atoms with Crippen LogP contribution in [-0.4, -0.2) is 105 Å². The molecule has 0 aromatic heterocycles. The molecule has 412 valence electrons. The van der Waals surface area contributed by atoms with E-state index >= 15 is 0 Å². The Kier molecular flexibility index (Phi) is 20.8. The van der Waals surface area contributed by atoms with E-state index in [0.717, 1.165) is 74.0 Å². The van der Waals surface area contributed by atoms with Gasteiger partial charge in [-0.3, -0.25) is 14.4 Å². The van der Waals surface area contributed by atoms with Gasteiger partial charge in [0.05, 0.1) is 11.4 Å². The summed E-state index contributed by atoms with van der Waals surface area (Å²) in [6, 6.07) is 1.43. The second-order valence-corrected chi connectivity index (χ2v) is 28.5. The summed E-state index contributed by atoms with van der Waals surface area (Å²) in [5.41, 5.74) is 0.706. The number of ether oxygens (including phenoxy) is 1. The van der Waals surface area contributed by atoms with E-state index in [2.05, 4.69) is 28.6 Å². The van der Waals surface area contributed by atoms with Gasteiger partial charge in [-0.05, 0) is 208 Å². The first kappa shape index (κ1) is 56.5. The molecule has 0 aromatic carbocycles. The third-order valence-corrected chi connectivity index (χ3v) is 24.1. The van der Waals surface area contributed by atoms with Crippen LogP contribution in [0.25, 0.3) is 0 Å². The average Bonchev–Trinajstić information content (AvgIpc) is 3.42. The molecule has 11 aliphatic carbocycles. The number of nitrogens with one attached hydrogen (secondary N) is 1. The Morgan fingerprint density at radius 1 is 0.472 bits per heavy atom. The van der Waals surface area contributed by atoms with E-state index in [1.54, 1.807) is 52.6 Å². The fraction of sp³-hybridized carbons (Fsp3) is 0.951. The van der Waals surface area contributed by atoms with Crippen LogP contribution in [0.15, 0.2) is 0 Å². The van der Waals surface area contributed by atoms with Gasteiger partial charge in [-0.2, -0.15) is 0 Å². The quantitative estimate of drug-likeness (QED) is 0.208. The minimum atomic E-state index is -3.20. The maximum Gasteiger partial charge on any atom is 0.225 e. The number of hydrogen-bond acceptors (Lipinski definition) is 6. The van der Waals surface area contributed by atoms with Gasteiger partial charge in [0.1, 0.15) is 0 Å². The molecule has 0 aliphatic heterocycles. The lowest BCUT2D eigenvalue weighted by Gasteiger charge is -2.60. The molecule has 0 saturated heterocycles. The monoisotopic (exact) mass is 1020 g/mol. The second kappa shape index (κ2) is 26.6. The van der Waals surface area contributed by atoms with E-state index in [-0.39, 0.29) is 23.0 Å². The lowest BCUT2D eigenvalue weighted by molar-refractivity contribution is -0.141. The molecule has 0 atom stereocenters. The van der Waals surface area contributed by atoms with Gasteiger partial charge in [-0.25, -0.2) is 13.1 Å². The van der Waals surface area contributed by atoms with Gasteiger partial charge in [-0.15, -0.1) is 0 Å². The number of rotatable bonds is 12. The SMILES string of the molecule is CCNS(=O)(=O)C1CCC(C(=O)N(C)C2CCCCC2)CC1.CN(C(=O)C1CCC(C23CC4CC(CC(C4)C2)C3)CC1)C1CCCCC1.COC1CCC(C(=O)N(C)C2CCC(C3CCCCC3)CC2)CC1. The number of nitrogens with zero attached hydrogens (tertiary/aromatic N) is 3. The Balaban J connectivity index is 0.000000145. The molecule has 10 nitrogen and oxygen atoms in total. The summed E-state index contributed by atoms with van der Waals surface area (Å²) < 4.78 is 32.1. The summed E-state index contributed by atoms with van der Waals surface area (Å²) >= 11 is 0. The second-order valence-electron chi connectivity index (χ2n) is 26.5. The van der Waals surface area contributed by atoms with Gasteiger partial charge in [0.2, 0.25) is 27.7 Å². The van der Waals surface area contributed by atoms with Crippen molar-refractivity contribution in [2.45, 2.75) is 274 Å². The summed E-state index contributed by atoms with van der Waals surface area (Å²) in [7, 11) is 4.69. The molecule has 0 spiro atoms. The molecule has 72 heavy (non-hydrogen) atoms. The smallest absolute Gasteiger partial charge is 0.225 e. The summed E-state index contributed by atoms with van der Waals surface area (Å²) in [5, 5.41) is -0.323. The third kappa shape index (κ3) is 14.2. The number of sulfonamides is 1. The molecule has 0 unspecified atom stereocenters. The van der Waals surface area contributed by atoms with Gasteiger partial charge in [0.25, 0.3) is 0 Å². The molecule has 1 N–H and O–H groups in total. The van der Waals surface area contributed by atoms with Crippen molar-refractivity contribution in [3.8, 4) is 0 Å². The van der Waals surface area contributed by atoms with Gasteiger partial charge in [-0.1, -0.05) is 77.6 Å². The molecule has 11 saturated carbocycles. The van der Waals surface area contributed by atoms with Crippen LogP contribution in [0.5, 0.6) is 0 Å². The van der Waals surface area contributed by atoms with Crippen LogP contribution in [-0.2, 0) is 29.1 Å². The van der Waals surface area contributed by atoms with Crippen LogP contribution in [0.4, 0.5) is 0 Å². The first-order valence-electron chi connectivity index (χ1n) is 31.1. The lowest BCUT2D eigenvalue weighted by atomic mass is 9.45. The van der Waals surface area contributed by atoms with Gasteiger partial charge >= 0.3 is 0 Å². The molecular weight excluding hydrogens is 917 g/mol. The molecule has 3 amide bonds. The van der Waals surface area contributed by atoms with Gasteiger partial charge < -0.3 is 19.4 Å². The Morgan fingerprint density at radius 2 is 0.833 bits per heavy atom. The molecule has 0 heterocycles. The van der Waals surface area contributed by atoms with Crippen molar-refractivity contribution < 1.29 is 27.5 Å². The van der Waals surface area contributed by atoms with Crippen molar-refractivity contribution in [3.63, 3.8) is 0 Å². The molecule has 0 radical (unpaired) electrons. The molecular formula is C61H106N4O6S. The largest absolute Gasteiger partial charge is 0.381 e. The topological polar surface area (TPSA) is 116 Å². The predicted octanol–water partition coefficient (Wildman–Crippen LogP) is 12.9. The molecule has 4 bridgehead atoms. The third-order valence-electron chi connectivity index (χ3n) is 22.1. The number of carbonyl (C=O) groups excluding carboxylic acids is 3. The maximum absolute atomic E-state index is 13.1. The predicted molar refractivity (Wildman–Crippen MR) is 292 cm³/mol. The van der Waals surface area contributed by atoms with Crippen LogP contribution in [0.3, 0.4) is 0 Å². The number of methoxy groups -OCH3 is 1. The van der Waals surface area contributed by atoms with E-state index in [1.807, 2.05) is 11.9 Å². The zero-order chi connectivity index (χ0) is 50.8. The minimum Gasteiger partial charge on any atom is -0.381 e. The average molecular weight is 1020 g/mol. The molecule has 11 fully saturated rings. The van der Waals surface area contributed by atoms with E-state index in [9.17, 15) is 22.8 Å². The van der Waals surface area contributed by atoms with Crippen molar-refractivity contribution in [2.75, 3.05) is 34.8 Å². The van der Waals surface area contributed by atoms with Crippen molar-refractivity contribution in [1.82, 2.24) is 19.4 Å². The Morgan fingerprint density at radius 3 is 1.24 bits per heavy atom. The van der Waals surface area contributed by atoms with Gasteiger partial charge in [0, 0.05) is 70.7 Å². The maximum atomic E-state index is 13.1. The highest BCUT2D eigenvalue weighted by Crippen LogP contribution is 2.65.